The molecule has 0 radical (unpaired) electrons. The van der Waals surface area contributed by atoms with Crippen LogP contribution in [0, 0.1) is 0 Å². The number of aromatic amines is 1. The van der Waals surface area contributed by atoms with E-state index in [4.69, 9.17) is 15.6 Å². The summed E-state index contributed by atoms with van der Waals surface area (Å²) in [6, 6.07) is 2.04. The molecular formula is C33H38N4O6. The largest absolute Gasteiger partial charge is 0.480 e. The van der Waals surface area contributed by atoms with E-state index in [0.29, 0.717) is 5.90 Å². The van der Waals surface area contributed by atoms with Crippen LogP contribution in [0.25, 0.3) is 6.08 Å². The second-order valence-corrected chi connectivity index (χ2v) is 9.42. The molecule has 1 aromatic heterocycles. The fourth-order valence-corrected chi connectivity index (χ4v) is 3.49. The number of hydrogen-bond donors (Lipinski definition) is 5. The number of nitrogens with zero attached hydrogens (tertiary/aromatic N) is 1. The Morgan fingerprint density at radius 2 is 1.60 bits per heavy atom. The van der Waals surface area contributed by atoms with Crippen LogP contribution in [0.3, 0.4) is 0 Å². The number of aliphatic hydroxyl groups is 1. The first-order valence-corrected chi connectivity index (χ1v) is 13.5. The summed E-state index contributed by atoms with van der Waals surface area (Å²) in [6.07, 6.45) is 29.2. The van der Waals surface area contributed by atoms with Crippen molar-refractivity contribution in [2.75, 3.05) is 0 Å². The van der Waals surface area contributed by atoms with Gasteiger partial charge in [0, 0.05) is 23.5 Å². The third-order valence-electron chi connectivity index (χ3n) is 5.86. The highest BCUT2D eigenvalue weighted by Gasteiger charge is 2.32. The number of nitrogens with one attached hydrogen (secondary N) is 2. The zero-order valence-electron chi connectivity index (χ0n) is 24.3. The second-order valence-electron chi connectivity index (χ2n) is 9.42. The number of carboxylic acids is 1. The lowest BCUT2D eigenvalue weighted by Gasteiger charge is -2.17. The third kappa shape index (κ3) is 12.9. The van der Waals surface area contributed by atoms with E-state index in [1.54, 1.807) is 24.3 Å². The second kappa shape index (κ2) is 18.3. The topological polar surface area (TPSA) is 167 Å². The molecule has 2 amide bonds. The zero-order valence-corrected chi connectivity index (χ0v) is 24.3. The van der Waals surface area contributed by atoms with E-state index < -0.39 is 29.9 Å². The lowest BCUT2D eigenvalue weighted by atomic mass is 10.1. The normalized spacial score (nSPS) is 19.9. The monoisotopic (exact) mass is 586 g/mol. The number of hydrogen-bond acceptors (Lipinski definition) is 6. The Morgan fingerprint density at radius 3 is 2.16 bits per heavy atom. The van der Waals surface area contributed by atoms with Crippen molar-refractivity contribution in [2.24, 2.45) is 10.7 Å². The summed E-state index contributed by atoms with van der Waals surface area (Å²) in [5, 5.41) is 20.7. The molecule has 2 unspecified atom stereocenters. The predicted octanol–water partition coefficient (Wildman–Crippen LogP) is 3.86. The summed E-state index contributed by atoms with van der Waals surface area (Å²) < 4.78 is 5.83. The smallest absolute Gasteiger partial charge is 0.329 e. The van der Waals surface area contributed by atoms with Crippen molar-refractivity contribution in [2.45, 2.75) is 45.1 Å². The van der Waals surface area contributed by atoms with Gasteiger partial charge in [0.25, 0.3) is 0 Å². The van der Waals surface area contributed by atoms with E-state index in [2.05, 4.69) is 21.4 Å². The number of ether oxygens (including phenoxy) is 1. The van der Waals surface area contributed by atoms with Gasteiger partial charge in [-0.05, 0) is 39.0 Å². The van der Waals surface area contributed by atoms with Crippen LogP contribution in [0.1, 0.15) is 26.5 Å². The van der Waals surface area contributed by atoms with Crippen molar-refractivity contribution >= 4 is 29.8 Å². The number of carbonyl (C=O) groups excluding carboxylic acids is 2. The van der Waals surface area contributed by atoms with Crippen molar-refractivity contribution in [1.29, 1.82) is 0 Å². The van der Waals surface area contributed by atoms with E-state index >= 15 is 0 Å². The zero-order chi connectivity index (χ0) is 31.6. The summed E-state index contributed by atoms with van der Waals surface area (Å²) in [7, 11) is 0. The molecule has 0 saturated heterocycles. The van der Waals surface area contributed by atoms with E-state index in [0.717, 1.165) is 11.3 Å². The summed E-state index contributed by atoms with van der Waals surface area (Å²) in [4.78, 5) is 42.0. The number of aliphatic hydroxyl groups excluding tert-OH is 1. The number of nitrogens with two attached hydrogens (primary N) is 1. The van der Waals surface area contributed by atoms with Crippen LogP contribution in [0.2, 0.25) is 0 Å². The van der Waals surface area contributed by atoms with Gasteiger partial charge in [0.05, 0.1) is 0 Å². The van der Waals surface area contributed by atoms with Crippen LogP contribution < -0.4 is 11.1 Å². The van der Waals surface area contributed by atoms with Gasteiger partial charge in [0.1, 0.15) is 12.1 Å². The molecule has 2 rings (SSSR count). The number of H-pyrrole nitrogens is 1. The number of aromatic nitrogens is 1. The number of allylic oxidation sites excluding steroid dienone is 14. The quantitative estimate of drug-likeness (QED) is 0.155. The van der Waals surface area contributed by atoms with Crippen LogP contribution in [0.5, 0.6) is 0 Å². The molecule has 226 valence electrons. The minimum absolute atomic E-state index is 0.0291. The maximum atomic E-state index is 12.1. The Bertz CT molecular complexity index is 1400. The average molecular weight is 587 g/mol. The molecule has 1 aliphatic heterocycles. The maximum absolute atomic E-state index is 12.1. The molecule has 1 aromatic rings. The van der Waals surface area contributed by atoms with E-state index in [9.17, 15) is 19.5 Å². The summed E-state index contributed by atoms with van der Waals surface area (Å²) in [6.45, 7) is 5.49. The Balaban J connectivity index is 1.74. The number of carbonyl (C=O) groups is 3. The molecule has 43 heavy (non-hydrogen) atoms. The van der Waals surface area contributed by atoms with Crippen LogP contribution in [-0.2, 0) is 19.1 Å². The van der Waals surface area contributed by atoms with Crippen LogP contribution in [0.15, 0.2) is 126 Å². The van der Waals surface area contributed by atoms with Gasteiger partial charge in [-0.15, -0.1) is 0 Å². The Kier molecular flexibility index (Phi) is 14.4. The lowest BCUT2D eigenvalue weighted by Crippen LogP contribution is -2.53. The molecular weight excluding hydrogens is 548 g/mol. The van der Waals surface area contributed by atoms with Gasteiger partial charge in [-0.3, -0.25) is 9.59 Å². The molecule has 0 aliphatic carbocycles. The van der Waals surface area contributed by atoms with E-state index in [1.165, 1.54) is 13.0 Å². The van der Waals surface area contributed by atoms with Gasteiger partial charge < -0.3 is 31.0 Å². The number of aliphatic carboxylic acids is 1. The van der Waals surface area contributed by atoms with Crippen molar-refractivity contribution in [3.8, 4) is 0 Å². The van der Waals surface area contributed by atoms with Gasteiger partial charge in [-0.1, -0.05) is 90.6 Å². The molecule has 2 heterocycles. The van der Waals surface area contributed by atoms with Crippen molar-refractivity contribution < 1.29 is 29.3 Å². The summed E-state index contributed by atoms with van der Waals surface area (Å²) in [5.74, 6) is -2.96. The predicted molar refractivity (Wildman–Crippen MR) is 169 cm³/mol. The average Bonchev–Trinajstić information content (AvgIpc) is 3.61. The standard InChI is InChI=1S/C33H38N4O6/c1-23(22-27-25(3)43-28(36-27)20-19-26-18-15-21-35-26)16-13-11-9-7-5-4-6-8-10-12-14-17-24(2)32(40)37-29(33(41)42)30(38)31(34)39/h4-22,25,27,29-30,35,38H,1-3H3,(H2,34,39)(H,37,40)(H,41,42)/b6-4+,7-5+,10-8+,11-9+,14-12+,16-13+,20-19+,23-22+,24-17+/t25-,27-,29?,30?/m1/s1. The van der Waals surface area contributed by atoms with Crippen LogP contribution in [0.4, 0.5) is 0 Å². The molecule has 0 aromatic carbocycles. The van der Waals surface area contributed by atoms with Gasteiger partial charge in [0.15, 0.2) is 12.1 Å². The molecule has 10 nitrogen and oxygen atoms in total. The van der Waals surface area contributed by atoms with Crippen LogP contribution >= 0.6 is 0 Å². The van der Waals surface area contributed by atoms with Gasteiger partial charge in [-0.2, -0.15) is 0 Å². The minimum atomic E-state index is -2.04. The number of rotatable bonds is 15. The van der Waals surface area contributed by atoms with Crippen LogP contribution in [-0.4, -0.2) is 63.2 Å². The highest BCUT2D eigenvalue weighted by Crippen LogP contribution is 2.17. The van der Waals surface area contributed by atoms with E-state index in [1.807, 2.05) is 92.9 Å². The first kappa shape index (κ1) is 34.0. The lowest BCUT2D eigenvalue weighted by molar-refractivity contribution is -0.148. The van der Waals surface area contributed by atoms with Crippen molar-refractivity contribution in [3.63, 3.8) is 0 Å². The van der Waals surface area contributed by atoms with Gasteiger partial charge in [0.2, 0.25) is 17.7 Å². The fraction of sp³-hybridized carbons (Fsp3) is 0.212. The molecule has 6 N–H and O–H groups in total. The first-order valence-electron chi connectivity index (χ1n) is 13.5. The molecule has 0 spiro atoms. The molecule has 1 aliphatic rings. The molecule has 0 saturated carbocycles. The molecule has 10 heteroatoms. The summed E-state index contributed by atoms with van der Waals surface area (Å²) >= 11 is 0. The van der Waals surface area contributed by atoms with Crippen molar-refractivity contribution in [3.05, 3.63) is 126 Å². The molecule has 4 atom stereocenters. The highest BCUT2D eigenvalue weighted by molar-refractivity contribution is 5.97. The number of amides is 2. The fourth-order valence-electron chi connectivity index (χ4n) is 3.49. The third-order valence-corrected chi connectivity index (χ3v) is 5.86. The highest BCUT2D eigenvalue weighted by atomic mass is 16.5. The van der Waals surface area contributed by atoms with Crippen molar-refractivity contribution in [1.82, 2.24) is 10.3 Å². The minimum Gasteiger partial charge on any atom is -0.480 e. The van der Waals surface area contributed by atoms with Gasteiger partial charge in [-0.25, -0.2) is 9.79 Å². The van der Waals surface area contributed by atoms with E-state index in [-0.39, 0.29) is 17.7 Å². The number of aliphatic imine (C=N–C) groups is 1. The first-order chi connectivity index (χ1) is 20.6. The Hall–Kier alpha value is -5.22. The summed E-state index contributed by atoms with van der Waals surface area (Å²) in [5.41, 5.74) is 7.16. The maximum Gasteiger partial charge on any atom is 0.329 e. The van der Waals surface area contributed by atoms with Gasteiger partial charge >= 0.3 is 5.97 Å². The Labute approximate surface area is 251 Å². The Morgan fingerprint density at radius 1 is 1.00 bits per heavy atom. The molecule has 0 bridgehead atoms. The SMILES string of the molecule is CC(/C=C/C=C/C=C/C=C/C=C/C=C/C=C(\C)C(=O)NC(C(=O)O)C(O)C(N)=O)=C\[C@H]1N=C(/C=C/c2ccc[nH]2)O[C@@H]1C. The number of primary amides is 1. The molecule has 0 fully saturated rings. The number of carboxylic acid groups (broad SMARTS) is 1.